The van der Waals surface area contributed by atoms with E-state index in [9.17, 15) is 9.59 Å². The van der Waals surface area contributed by atoms with Crippen LogP contribution in [-0.2, 0) is 20.7 Å². The van der Waals surface area contributed by atoms with Crippen LogP contribution in [0.15, 0.2) is 24.3 Å². The molecule has 0 saturated heterocycles. The standard InChI is InChI=1S/C19H28O4/c1-5-7-8-9-18(20)22-14(3)15(4)23-19(21)17-12-10-16(6-2)11-13-17/h10-15H,5-9H2,1-4H3. The van der Waals surface area contributed by atoms with Gasteiger partial charge in [-0.25, -0.2) is 4.79 Å². The first-order valence-corrected chi connectivity index (χ1v) is 8.47. The van der Waals surface area contributed by atoms with Crippen molar-refractivity contribution in [1.82, 2.24) is 0 Å². The Balaban J connectivity index is 2.45. The fourth-order valence-corrected chi connectivity index (χ4v) is 2.09. The molecule has 2 atom stereocenters. The summed E-state index contributed by atoms with van der Waals surface area (Å²) in [5, 5.41) is 0. The summed E-state index contributed by atoms with van der Waals surface area (Å²) < 4.78 is 10.7. The molecule has 1 rings (SSSR count). The Morgan fingerprint density at radius 3 is 2.13 bits per heavy atom. The van der Waals surface area contributed by atoms with Crippen molar-refractivity contribution in [3.05, 3.63) is 35.4 Å². The van der Waals surface area contributed by atoms with Gasteiger partial charge in [-0.3, -0.25) is 4.79 Å². The number of carbonyl (C=O) groups is 2. The zero-order valence-electron chi connectivity index (χ0n) is 14.6. The topological polar surface area (TPSA) is 52.6 Å². The highest BCUT2D eigenvalue weighted by Crippen LogP contribution is 2.12. The summed E-state index contributed by atoms with van der Waals surface area (Å²) in [5.41, 5.74) is 1.68. The van der Waals surface area contributed by atoms with Crippen LogP contribution in [0.4, 0.5) is 0 Å². The van der Waals surface area contributed by atoms with E-state index < -0.39 is 18.2 Å². The quantitative estimate of drug-likeness (QED) is 0.502. The smallest absolute Gasteiger partial charge is 0.338 e. The van der Waals surface area contributed by atoms with Gasteiger partial charge in [0.05, 0.1) is 5.56 Å². The lowest BCUT2D eigenvalue weighted by atomic mass is 10.1. The molecule has 23 heavy (non-hydrogen) atoms. The molecule has 4 nitrogen and oxygen atoms in total. The summed E-state index contributed by atoms with van der Waals surface area (Å²) in [7, 11) is 0. The van der Waals surface area contributed by atoms with Crippen molar-refractivity contribution < 1.29 is 19.1 Å². The van der Waals surface area contributed by atoms with E-state index in [1.54, 1.807) is 26.0 Å². The van der Waals surface area contributed by atoms with Crippen molar-refractivity contribution in [2.24, 2.45) is 0 Å². The van der Waals surface area contributed by atoms with Gasteiger partial charge in [-0.05, 0) is 44.4 Å². The number of carbonyl (C=O) groups excluding carboxylic acids is 2. The normalized spacial score (nSPS) is 13.2. The van der Waals surface area contributed by atoms with E-state index in [0.29, 0.717) is 12.0 Å². The summed E-state index contributed by atoms with van der Waals surface area (Å²) >= 11 is 0. The molecule has 0 aromatic heterocycles. The molecule has 0 bridgehead atoms. The minimum atomic E-state index is -0.483. The third kappa shape index (κ3) is 6.85. The molecule has 0 radical (unpaired) electrons. The summed E-state index contributed by atoms with van der Waals surface area (Å²) in [6.07, 6.45) is 3.32. The molecule has 0 heterocycles. The van der Waals surface area contributed by atoms with Crippen LogP contribution < -0.4 is 0 Å². The van der Waals surface area contributed by atoms with Crippen LogP contribution in [0, 0.1) is 0 Å². The number of hydrogen-bond acceptors (Lipinski definition) is 4. The van der Waals surface area contributed by atoms with Gasteiger partial charge >= 0.3 is 11.9 Å². The maximum absolute atomic E-state index is 12.1. The first-order valence-electron chi connectivity index (χ1n) is 8.47. The molecule has 0 aliphatic carbocycles. The monoisotopic (exact) mass is 320 g/mol. The number of ether oxygens (including phenoxy) is 2. The van der Waals surface area contributed by atoms with E-state index in [1.165, 1.54) is 5.56 Å². The average Bonchev–Trinajstić information content (AvgIpc) is 2.55. The number of esters is 2. The maximum atomic E-state index is 12.1. The van der Waals surface area contributed by atoms with Gasteiger partial charge in [-0.15, -0.1) is 0 Å². The molecule has 0 aliphatic heterocycles. The lowest BCUT2D eigenvalue weighted by molar-refractivity contribution is -0.153. The SMILES string of the molecule is CCCCCC(=O)OC(C)C(C)OC(=O)c1ccc(CC)cc1. The highest BCUT2D eigenvalue weighted by molar-refractivity contribution is 5.89. The summed E-state index contributed by atoms with van der Waals surface area (Å²) in [5.74, 6) is -0.629. The number of benzene rings is 1. The molecule has 0 amide bonds. The molecular weight excluding hydrogens is 292 g/mol. The molecule has 1 aromatic rings. The Labute approximate surface area is 139 Å². The predicted molar refractivity (Wildman–Crippen MR) is 90.4 cm³/mol. The zero-order valence-corrected chi connectivity index (χ0v) is 14.6. The molecule has 0 N–H and O–H groups in total. The second-order valence-corrected chi connectivity index (χ2v) is 5.81. The van der Waals surface area contributed by atoms with Crippen molar-refractivity contribution >= 4 is 11.9 Å². The highest BCUT2D eigenvalue weighted by Gasteiger charge is 2.21. The Hall–Kier alpha value is -1.84. The Morgan fingerprint density at radius 2 is 1.57 bits per heavy atom. The van der Waals surface area contributed by atoms with Gasteiger partial charge < -0.3 is 9.47 Å². The van der Waals surface area contributed by atoms with Crippen molar-refractivity contribution in [2.45, 2.75) is 72.0 Å². The van der Waals surface area contributed by atoms with Crippen molar-refractivity contribution in [3.63, 3.8) is 0 Å². The first kappa shape index (κ1) is 19.2. The molecule has 0 aliphatic rings. The van der Waals surface area contributed by atoms with Gasteiger partial charge in [0, 0.05) is 6.42 Å². The molecule has 128 valence electrons. The van der Waals surface area contributed by atoms with E-state index in [-0.39, 0.29) is 5.97 Å². The summed E-state index contributed by atoms with van der Waals surface area (Å²) in [6, 6.07) is 7.35. The van der Waals surface area contributed by atoms with Crippen LogP contribution in [-0.4, -0.2) is 24.1 Å². The van der Waals surface area contributed by atoms with E-state index in [0.717, 1.165) is 25.7 Å². The second kappa shape index (κ2) is 10.0. The Kier molecular flexibility index (Phi) is 8.38. The Morgan fingerprint density at radius 1 is 0.957 bits per heavy atom. The third-order valence-corrected chi connectivity index (χ3v) is 3.85. The van der Waals surface area contributed by atoms with E-state index in [2.05, 4.69) is 13.8 Å². The highest BCUT2D eigenvalue weighted by atomic mass is 16.6. The van der Waals surface area contributed by atoms with Crippen molar-refractivity contribution in [2.75, 3.05) is 0 Å². The summed E-state index contributed by atoms with van der Waals surface area (Å²) in [4.78, 5) is 23.8. The van der Waals surface area contributed by atoms with E-state index in [1.807, 2.05) is 12.1 Å². The van der Waals surface area contributed by atoms with Crippen LogP contribution in [0.2, 0.25) is 0 Å². The fraction of sp³-hybridized carbons (Fsp3) is 0.579. The number of hydrogen-bond donors (Lipinski definition) is 0. The van der Waals surface area contributed by atoms with Crippen molar-refractivity contribution in [3.8, 4) is 0 Å². The van der Waals surface area contributed by atoms with Gasteiger partial charge in [-0.2, -0.15) is 0 Å². The number of aryl methyl sites for hydroxylation is 1. The van der Waals surface area contributed by atoms with Crippen LogP contribution >= 0.6 is 0 Å². The average molecular weight is 320 g/mol. The second-order valence-electron chi connectivity index (χ2n) is 5.81. The third-order valence-electron chi connectivity index (χ3n) is 3.85. The molecule has 0 spiro atoms. The van der Waals surface area contributed by atoms with Gasteiger partial charge in [0.15, 0.2) is 0 Å². The maximum Gasteiger partial charge on any atom is 0.338 e. The molecular formula is C19H28O4. The number of unbranched alkanes of at least 4 members (excludes halogenated alkanes) is 2. The number of rotatable bonds is 9. The molecule has 0 saturated carbocycles. The van der Waals surface area contributed by atoms with Crippen LogP contribution in [0.25, 0.3) is 0 Å². The molecule has 1 aromatic carbocycles. The van der Waals surface area contributed by atoms with Gasteiger partial charge in [0.25, 0.3) is 0 Å². The molecule has 4 heteroatoms. The lowest BCUT2D eigenvalue weighted by Gasteiger charge is -2.21. The Bertz CT molecular complexity index is 493. The van der Waals surface area contributed by atoms with Crippen LogP contribution in [0.3, 0.4) is 0 Å². The van der Waals surface area contributed by atoms with Crippen molar-refractivity contribution in [1.29, 1.82) is 0 Å². The van der Waals surface area contributed by atoms with Gasteiger partial charge in [0.1, 0.15) is 12.2 Å². The largest absolute Gasteiger partial charge is 0.459 e. The first-order chi connectivity index (χ1) is 11.0. The van der Waals surface area contributed by atoms with Gasteiger partial charge in [0.2, 0.25) is 0 Å². The summed E-state index contributed by atoms with van der Waals surface area (Å²) in [6.45, 7) is 7.63. The lowest BCUT2D eigenvalue weighted by Crippen LogP contribution is -2.30. The molecule has 2 unspecified atom stereocenters. The minimum absolute atomic E-state index is 0.235. The fourth-order valence-electron chi connectivity index (χ4n) is 2.09. The van der Waals surface area contributed by atoms with Gasteiger partial charge in [-0.1, -0.05) is 38.8 Å². The van der Waals surface area contributed by atoms with Crippen LogP contribution in [0.5, 0.6) is 0 Å². The minimum Gasteiger partial charge on any atom is -0.459 e. The zero-order chi connectivity index (χ0) is 17.2. The van der Waals surface area contributed by atoms with E-state index >= 15 is 0 Å². The van der Waals surface area contributed by atoms with Crippen LogP contribution in [0.1, 0.15) is 69.3 Å². The molecule has 0 fully saturated rings. The van der Waals surface area contributed by atoms with E-state index in [4.69, 9.17) is 9.47 Å². The predicted octanol–water partition coefficient (Wildman–Crippen LogP) is 4.31.